The molecule has 1 unspecified atom stereocenters. The van der Waals surface area contributed by atoms with E-state index in [4.69, 9.17) is 0 Å². The lowest BCUT2D eigenvalue weighted by atomic mass is 9.88. The van der Waals surface area contributed by atoms with Crippen LogP contribution in [0, 0.1) is 0 Å². The first-order chi connectivity index (χ1) is 11.8. The van der Waals surface area contributed by atoms with Crippen LogP contribution in [-0.2, 0) is 16.9 Å². The fraction of sp³-hybridized carbons (Fsp3) is 0.278. The van der Waals surface area contributed by atoms with Gasteiger partial charge in [0.25, 0.3) is 0 Å². The molecule has 5 nitrogen and oxygen atoms in total. The van der Waals surface area contributed by atoms with Crippen molar-refractivity contribution in [1.29, 1.82) is 0 Å². The highest BCUT2D eigenvalue weighted by Crippen LogP contribution is 2.30. The number of fused-ring (bicyclic) bond motifs is 1. The Labute approximate surface area is 144 Å². The van der Waals surface area contributed by atoms with Crippen LogP contribution in [0.15, 0.2) is 48.5 Å². The van der Waals surface area contributed by atoms with Crippen molar-refractivity contribution in [1.82, 2.24) is 19.4 Å². The van der Waals surface area contributed by atoms with Crippen LogP contribution in [0.2, 0.25) is 0 Å². The summed E-state index contributed by atoms with van der Waals surface area (Å²) in [6.45, 7) is 1.44. The number of hydrogen-bond donors (Lipinski definition) is 2. The summed E-state index contributed by atoms with van der Waals surface area (Å²) < 4.78 is 8.51. The van der Waals surface area contributed by atoms with Gasteiger partial charge in [-0.1, -0.05) is 36.4 Å². The number of hydrogen-bond acceptors (Lipinski definition) is 5. The number of aromatic nitrogens is 2. The number of carbonyl (C=O) groups is 1. The predicted molar refractivity (Wildman–Crippen MR) is 94.6 cm³/mol. The van der Waals surface area contributed by atoms with E-state index in [2.05, 4.69) is 43.6 Å². The zero-order valence-electron chi connectivity index (χ0n) is 13.2. The summed E-state index contributed by atoms with van der Waals surface area (Å²) in [6.07, 6.45) is 1.39. The smallest absolute Gasteiger partial charge is 0.220 e. The molecular weight excluding hydrogens is 320 g/mol. The van der Waals surface area contributed by atoms with Gasteiger partial charge in [0.1, 0.15) is 11.0 Å². The van der Waals surface area contributed by atoms with E-state index >= 15 is 0 Å². The number of amides is 1. The predicted octanol–water partition coefficient (Wildman–Crippen LogP) is 2.59. The van der Waals surface area contributed by atoms with Crippen molar-refractivity contribution >= 4 is 28.7 Å². The van der Waals surface area contributed by atoms with Gasteiger partial charge < -0.3 is 10.6 Å². The molecule has 6 heteroatoms. The lowest BCUT2D eigenvalue weighted by Crippen LogP contribution is -2.46. The van der Waals surface area contributed by atoms with Gasteiger partial charge in [0.05, 0.1) is 17.3 Å². The molecule has 0 radical (unpaired) electrons. The Morgan fingerprint density at radius 2 is 1.96 bits per heavy atom. The zero-order valence-corrected chi connectivity index (χ0v) is 14.0. The summed E-state index contributed by atoms with van der Waals surface area (Å²) >= 11 is 1.23. The third-order valence-corrected chi connectivity index (χ3v) is 5.11. The van der Waals surface area contributed by atoms with Crippen LogP contribution in [-0.4, -0.2) is 21.2 Å². The van der Waals surface area contributed by atoms with Crippen LogP contribution >= 0.6 is 11.7 Å². The maximum atomic E-state index is 11.8. The maximum Gasteiger partial charge on any atom is 0.220 e. The van der Waals surface area contributed by atoms with Gasteiger partial charge in [0, 0.05) is 19.5 Å². The molecule has 1 aromatic heterocycles. The summed E-state index contributed by atoms with van der Waals surface area (Å²) in [7, 11) is 0. The number of nitrogens with zero attached hydrogens (tertiary/aromatic N) is 2. The summed E-state index contributed by atoms with van der Waals surface area (Å²) in [5, 5.41) is 6.67. The Balaban J connectivity index is 1.48. The Bertz CT molecular complexity index is 864. The third-order valence-electron chi connectivity index (χ3n) is 4.56. The summed E-state index contributed by atoms with van der Waals surface area (Å²) in [4.78, 5) is 11.8. The lowest BCUT2D eigenvalue weighted by Gasteiger charge is -2.30. The van der Waals surface area contributed by atoms with E-state index in [1.54, 1.807) is 0 Å². The van der Waals surface area contributed by atoms with Gasteiger partial charge in [0.2, 0.25) is 5.91 Å². The second-order valence-corrected chi connectivity index (χ2v) is 6.72. The van der Waals surface area contributed by atoms with E-state index in [0.29, 0.717) is 13.0 Å². The highest BCUT2D eigenvalue weighted by molar-refractivity contribution is 7.00. The standard InChI is InChI=1S/C18H18N4OS/c23-17-8-9-18(20-17,14-4-2-1-3-5-14)12-19-11-13-6-7-15-16(10-13)22-24-21-15/h1-7,10,19H,8-9,11-12H2,(H,20,23). The SMILES string of the molecule is O=C1CCC(CNCc2ccc3nsnc3c2)(c2ccccc2)N1. The normalized spacial score (nSPS) is 20.4. The van der Waals surface area contributed by atoms with E-state index in [-0.39, 0.29) is 11.4 Å². The molecule has 122 valence electrons. The van der Waals surface area contributed by atoms with Gasteiger partial charge in [-0.15, -0.1) is 0 Å². The van der Waals surface area contributed by atoms with Gasteiger partial charge in [-0.25, -0.2) is 0 Å². The van der Waals surface area contributed by atoms with E-state index in [0.717, 1.165) is 29.6 Å². The average molecular weight is 338 g/mol. The molecule has 2 heterocycles. The summed E-state index contributed by atoms with van der Waals surface area (Å²) in [5.74, 6) is 0.121. The van der Waals surface area contributed by atoms with Gasteiger partial charge in [0.15, 0.2) is 0 Å². The minimum atomic E-state index is -0.315. The van der Waals surface area contributed by atoms with Gasteiger partial charge in [-0.2, -0.15) is 8.75 Å². The molecule has 0 bridgehead atoms. The molecule has 1 aliphatic heterocycles. The Hall–Kier alpha value is -2.31. The Kier molecular flexibility index (Phi) is 4.00. The Morgan fingerprint density at radius 1 is 1.12 bits per heavy atom. The lowest BCUT2D eigenvalue weighted by molar-refractivity contribution is -0.119. The van der Waals surface area contributed by atoms with Gasteiger partial charge >= 0.3 is 0 Å². The maximum absolute atomic E-state index is 11.8. The molecule has 0 saturated carbocycles. The quantitative estimate of drug-likeness (QED) is 0.750. The van der Waals surface area contributed by atoms with E-state index in [1.165, 1.54) is 17.3 Å². The van der Waals surface area contributed by atoms with Crippen LogP contribution in [0.5, 0.6) is 0 Å². The first-order valence-corrected chi connectivity index (χ1v) is 8.77. The fourth-order valence-electron chi connectivity index (χ4n) is 3.29. The van der Waals surface area contributed by atoms with Crippen LogP contribution in [0.25, 0.3) is 11.0 Å². The van der Waals surface area contributed by atoms with Gasteiger partial charge in [-0.3, -0.25) is 4.79 Å². The topological polar surface area (TPSA) is 66.9 Å². The van der Waals surface area contributed by atoms with E-state index < -0.39 is 0 Å². The molecule has 2 aromatic carbocycles. The molecule has 1 aliphatic rings. The summed E-state index contributed by atoms with van der Waals surface area (Å²) in [6, 6.07) is 16.3. The van der Waals surface area contributed by atoms with Crippen molar-refractivity contribution in [2.24, 2.45) is 0 Å². The Morgan fingerprint density at radius 3 is 2.75 bits per heavy atom. The fourth-order valence-corrected chi connectivity index (χ4v) is 3.80. The molecule has 1 saturated heterocycles. The van der Waals surface area contributed by atoms with Crippen molar-refractivity contribution < 1.29 is 4.79 Å². The zero-order chi connectivity index (χ0) is 16.4. The third kappa shape index (κ3) is 2.90. The van der Waals surface area contributed by atoms with Gasteiger partial charge in [-0.05, 0) is 29.7 Å². The first kappa shape index (κ1) is 15.2. The number of nitrogens with one attached hydrogen (secondary N) is 2. The molecule has 4 rings (SSSR count). The van der Waals surface area contributed by atoms with Crippen molar-refractivity contribution in [3.8, 4) is 0 Å². The second-order valence-electron chi connectivity index (χ2n) is 6.19. The van der Waals surface area contributed by atoms with Crippen LogP contribution < -0.4 is 10.6 Å². The highest BCUT2D eigenvalue weighted by Gasteiger charge is 2.38. The molecule has 0 aliphatic carbocycles. The highest BCUT2D eigenvalue weighted by atomic mass is 32.1. The van der Waals surface area contributed by atoms with Crippen LogP contribution in [0.3, 0.4) is 0 Å². The van der Waals surface area contributed by atoms with E-state index in [1.807, 2.05) is 24.3 Å². The van der Waals surface area contributed by atoms with Crippen molar-refractivity contribution in [2.45, 2.75) is 24.9 Å². The largest absolute Gasteiger partial charge is 0.345 e. The number of carbonyl (C=O) groups excluding carboxylic acids is 1. The molecule has 0 spiro atoms. The van der Waals surface area contributed by atoms with E-state index in [9.17, 15) is 4.79 Å². The molecular formula is C18H18N4OS. The van der Waals surface area contributed by atoms with Crippen molar-refractivity contribution in [2.75, 3.05) is 6.54 Å². The van der Waals surface area contributed by atoms with Crippen molar-refractivity contribution in [3.05, 3.63) is 59.7 Å². The molecule has 2 N–H and O–H groups in total. The monoisotopic (exact) mass is 338 g/mol. The minimum absolute atomic E-state index is 0.121. The number of benzene rings is 2. The average Bonchev–Trinajstić information content (AvgIpc) is 3.22. The molecule has 3 aromatic rings. The van der Waals surface area contributed by atoms with Crippen LogP contribution in [0.4, 0.5) is 0 Å². The summed E-state index contributed by atoms with van der Waals surface area (Å²) in [5.41, 5.74) is 3.88. The molecule has 1 fully saturated rings. The minimum Gasteiger partial charge on any atom is -0.345 e. The van der Waals surface area contributed by atoms with Crippen molar-refractivity contribution in [3.63, 3.8) is 0 Å². The first-order valence-electron chi connectivity index (χ1n) is 8.04. The molecule has 1 atom stereocenters. The van der Waals surface area contributed by atoms with Crippen LogP contribution in [0.1, 0.15) is 24.0 Å². The molecule has 1 amide bonds. The molecule has 24 heavy (non-hydrogen) atoms. The second kappa shape index (κ2) is 6.30. The number of rotatable bonds is 5.